The Labute approximate surface area is 134 Å². The van der Waals surface area contributed by atoms with Gasteiger partial charge in [-0.05, 0) is 52.4 Å². The highest BCUT2D eigenvalue weighted by molar-refractivity contribution is 14.1. The molecule has 2 aromatic carbocycles. The van der Waals surface area contributed by atoms with Crippen LogP contribution in [0, 0.1) is 3.57 Å². The molecule has 0 aliphatic rings. The number of carbonyl (C=O) groups is 1. The van der Waals surface area contributed by atoms with Gasteiger partial charge in [0.1, 0.15) is 6.61 Å². The molecule has 0 saturated carbocycles. The number of hydrogen-bond donors (Lipinski definition) is 0. The summed E-state index contributed by atoms with van der Waals surface area (Å²) >= 11 is 5.62. The molecule has 0 N–H and O–H groups in total. The standard InChI is InChI=1S/C15H12BrIO2/c16-13-3-1-2-11(8-13)9-19-10-15(18)12-4-6-14(17)7-5-12/h1-8H,9-10H2. The number of benzene rings is 2. The second kappa shape index (κ2) is 7.17. The summed E-state index contributed by atoms with van der Waals surface area (Å²) in [5.41, 5.74) is 1.74. The smallest absolute Gasteiger partial charge is 0.188 e. The Morgan fingerprint density at radius 2 is 1.89 bits per heavy atom. The van der Waals surface area contributed by atoms with Crippen LogP contribution in [-0.4, -0.2) is 12.4 Å². The van der Waals surface area contributed by atoms with Gasteiger partial charge >= 0.3 is 0 Å². The average molecular weight is 431 g/mol. The van der Waals surface area contributed by atoms with Crippen molar-refractivity contribution in [2.45, 2.75) is 6.61 Å². The fourth-order valence-electron chi connectivity index (χ4n) is 1.61. The fourth-order valence-corrected chi connectivity index (χ4v) is 2.41. The number of halogens is 2. The minimum atomic E-state index is 0.00592. The SMILES string of the molecule is O=C(COCc1cccc(Br)c1)c1ccc(I)cc1. The van der Waals surface area contributed by atoms with Crippen molar-refractivity contribution in [1.29, 1.82) is 0 Å². The minimum Gasteiger partial charge on any atom is -0.369 e. The highest BCUT2D eigenvalue weighted by atomic mass is 127. The van der Waals surface area contributed by atoms with Crippen LogP contribution in [0.5, 0.6) is 0 Å². The number of ether oxygens (including phenoxy) is 1. The topological polar surface area (TPSA) is 26.3 Å². The van der Waals surface area contributed by atoms with E-state index in [4.69, 9.17) is 4.74 Å². The van der Waals surface area contributed by atoms with Crippen molar-refractivity contribution in [3.63, 3.8) is 0 Å². The van der Waals surface area contributed by atoms with Gasteiger partial charge in [0.2, 0.25) is 0 Å². The van der Waals surface area contributed by atoms with Crippen molar-refractivity contribution < 1.29 is 9.53 Å². The maximum absolute atomic E-state index is 11.9. The largest absolute Gasteiger partial charge is 0.369 e. The first-order chi connectivity index (χ1) is 9.15. The van der Waals surface area contributed by atoms with Gasteiger partial charge in [0.25, 0.3) is 0 Å². The molecule has 2 aromatic rings. The Hall–Kier alpha value is -0.720. The molecular formula is C15H12BrIO2. The number of rotatable bonds is 5. The van der Waals surface area contributed by atoms with Crippen LogP contribution >= 0.6 is 38.5 Å². The van der Waals surface area contributed by atoms with Crippen LogP contribution in [0.15, 0.2) is 53.0 Å². The molecule has 0 aromatic heterocycles. The molecule has 98 valence electrons. The molecule has 0 saturated heterocycles. The first-order valence-electron chi connectivity index (χ1n) is 5.76. The van der Waals surface area contributed by atoms with Crippen LogP contribution < -0.4 is 0 Å². The van der Waals surface area contributed by atoms with E-state index in [1.165, 1.54) is 0 Å². The molecular weight excluding hydrogens is 419 g/mol. The average Bonchev–Trinajstić information content (AvgIpc) is 2.39. The predicted molar refractivity (Wildman–Crippen MR) is 87.3 cm³/mol. The summed E-state index contributed by atoms with van der Waals surface area (Å²) in [4.78, 5) is 11.9. The van der Waals surface area contributed by atoms with Crippen LogP contribution in [0.4, 0.5) is 0 Å². The lowest BCUT2D eigenvalue weighted by molar-refractivity contribution is 0.0726. The molecule has 0 radical (unpaired) electrons. The van der Waals surface area contributed by atoms with E-state index < -0.39 is 0 Å². The lowest BCUT2D eigenvalue weighted by Crippen LogP contribution is -2.09. The molecule has 0 aliphatic heterocycles. The van der Waals surface area contributed by atoms with Gasteiger partial charge in [-0.2, -0.15) is 0 Å². The minimum absolute atomic E-state index is 0.00592. The number of hydrogen-bond acceptors (Lipinski definition) is 2. The first kappa shape index (κ1) is 14.7. The van der Waals surface area contributed by atoms with Crippen LogP contribution in [0.25, 0.3) is 0 Å². The summed E-state index contributed by atoms with van der Waals surface area (Å²) in [6, 6.07) is 15.3. The molecule has 19 heavy (non-hydrogen) atoms. The van der Waals surface area contributed by atoms with Crippen LogP contribution in [-0.2, 0) is 11.3 Å². The molecule has 0 fully saturated rings. The summed E-state index contributed by atoms with van der Waals surface area (Å²) < 4.78 is 7.58. The van der Waals surface area contributed by atoms with Crippen molar-refractivity contribution in [2.75, 3.05) is 6.61 Å². The Bertz CT molecular complexity index is 567. The maximum atomic E-state index is 11.9. The molecule has 2 rings (SSSR count). The van der Waals surface area contributed by atoms with Crippen molar-refractivity contribution in [1.82, 2.24) is 0 Å². The Morgan fingerprint density at radius 1 is 1.16 bits per heavy atom. The highest BCUT2D eigenvalue weighted by Crippen LogP contribution is 2.13. The van der Waals surface area contributed by atoms with E-state index in [0.29, 0.717) is 12.2 Å². The van der Waals surface area contributed by atoms with Crippen molar-refractivity contribution in [2.24, 2.45) is 0 Å². The molecule has 2 nitrogen and oxygen atoms in total. The van der Waals surface area contributed by atoms with Crippen molar-refractivity contribution >= 4 is 44.3 Å². The third kappa shape index (κ3) is 4.71. The van der Waals surface area contributed by atoms with Gasteiger partial charge in [-0.15, -0.1) is 0 Å². The number of carbonyl (C=O) groups excluding carboxylic acids is 1. The molecule has 0 spiro atoms. The van der Waals surface area contributed by atoms with E-state index in [1.54, 1.807) is 0 Å². The number of Topliss-reactive ketones (excluding diaryl/α,β-unsaturated/α-hetero) is 1. The Morgan fingerprint density at radius 3 is 2.58 bits per heavy atom. The van der Waals surface area contributed by atoms with Gasteiger partial charge in [-0.3, -0.25) is 4.79 Å². The molecule has 0 unspecified atom stereocenters. The molecule has 0 heterocycles. The summed E-state index contributed by atoms with van der Waals surface area (Å²) in [7, 11) is 0. The quantitative estimate of drug-likeness (QED) is 0.517. The lowest BCUT2D eigenvalue weighted by Gasteiger charge is -2.05. The van der Waals surface area contributed by atoms with Crippen LogP contribution in [0.2, 0.25) is 0 Å². The van der Waals surface area contributed by atoms with E-state index in [9.17, 15) is 4.79 Å². The van der Waals surface area contributed by atoms with E-state index in [0.717, 1.165) is 13.6 Å². The van der Waals surface area contributed by atoms with Crippen LogP contribution in [0.1, 0.15) is 15.9 Å². The van der Waals surface area contributed by atoms with E-state index >= 15 is 0 Å². The normalized spacial score (nSPS) is 10.4. The Balaban J connectivity index is 1.86. The Kier molecular flexibility index (Phi) is 5.54. The van der Waals surface area contributed by atoms with E-state index in [2.05, 4.69) is 38.5 Å². The van der Waals surface area contributed by atoms with E-state index in [-0.39, 0.29) is 12.4 Å². The fraction of sp³-hybridized carbons (Fsp3) is 0.133. The van der Waals surface area contributed by atoms with Crippen molar-refractivity contribution in [3.05, 3.63) is 67.7 Å². The zero-order valence-electron chi connectivity index (χ0n) is 10.1. The van der Waals surface area contributed by atoms with Crippen molar-refractivity contribution in [3.8, 4) is 0 Å². The zero-order chi connectivity index (χ0) is 13.7. The summed E-state index contributed by atoms with van der Waals surface area (Å²) in [5.74, 6) is 0.00592. The molecule has 0 aliphatic carbocycles. The molecule has 0 bridgehead atoms. The molecule has 0 amide bonds. The van der Waals surface area contributed by atoms with Gasteiger partial charge in [0.15, 0.2) is 5.78 Å². The molecule has 4 heteroatoms. The second-order valence-corrected chi connectivity index (χ2v) is 6.21. The van der Waals surface area contributed by atoms with Gasteiger partial charge in [-0.25, -0.2) is 0 Å². The molecule has 0 atom stereocenters. The van der Waals surface area contributed by atoms with E-state index in [1.807, 2.05) is 48.5 Å². The van der Waals surface area contributed by atoms with Gasteiger partial charge < -0.3 is 4.74 Å². The third-order valence-electron chi connectivity index (χ3n) is 2.56. The highest BCUT2D eigenvalue weighted by Gasteiger charge is 2.05. The predicted octanol–water partition coefficient (Wildman–Crippen LogP) is 4.45. The van der Waals surface area contributed by atoms with Gasteiger partial charge in [0, 0.05) is 13.6 Å². The number of ketones is 1. The summed E-state index contributed by atoms with van der Waals surface area (Å²) in [5, 5.41) is 0. The monoisotopic (exact) mass is 430 g/mol. The van der Waals surface area contributed by atoms with Crippen LogP contribution in [0.3, 0.4) is 0 Å². The first-order valence-corrected chi connectivity index (χ1v) is 7.63. The summed E-state index contributed by atoms with van der Waals surface area (Å²) in [6.45, 7) is 0.544. The zero-order valence-corrected chi connectivity index (χ0v) is 13.8. The van der Waals surface area contributed by atoms with Gasteiger partial charge in [-0.1, -0.05) is 40.2 Å². The second-order valence-electron chi connectivity index (χ2n) is 4.05. The van der Waals surface area contributed by atoms with Gasteiger partial charge in [0.05, 0.1) is 6.61 Å². The third-order valence-corrected chi connectivity index (χ3v) is 3.77. The maximum Gasteiger partial charge on any atom is 0.188 e. The lowest BCUT2D eigenvalue weighted by atomic mass is 10.1. The summed E-state index contributed by atoms with van der Waals surface area (Å²) in [6.07, 6.45) is 0.